The first-order valence-corrected chi connectivity index (χ1v) is 13.5. The number of aliphatic carboxylic acids is 1. The summed E-state index contributed by atoms with van der Waals surface area (Å²) in [4.78, 5) is 26.3. The van der Waals surface area contributed by atoms with Crippen LogP contribution in [0, 0.1) is 0 Å². The molecule has 0 bridgehead atoms. The summed E-state index contributed by atoms with van der Waals surface area (Å²) in [7, 11) is -3.34. The summed E-state index contributed by atoms with van der Waals surface area (Å²) < 4.78 is 30.6. The monoisotopic (exact) mass is 587 g/mol. The molecule has 1 N–H and O–H groups in total. The smallest absolute Gasteiger partial charge is 0.326 e. The Hall–Kier alpha value is -1.91. The van der Waals surface area contributed by atoms with Crippen LogP contribution < -0.4 is 4.74 Å². The maximum Gasteiger partial charge on any atom is 0.326 e. The van der Waals surface area contributed by atoms with Crippen LogP contribution in [0.4, 0.5) is 0 Å². The van der Waals surface area contributed by atoms with Crippen molar-refractivity contribution in [2.24, 2.45) is 0 Å². The van der Waals surface area contributed by atoms with Gasteiger partial charge in [0.1, 0.15) is 27.4 Å². The largest absolute Gasteiger partial charge is 0.480 e. The van der Waals surface area contributed by atoms with Crippen molar-refractivity contribution >= 4 is 53.6 Å². The second-order valence-corrected chi connectivity index (χ2v) is 12.2. The molecule has 1 aliphatic rings. The van der Waals surface area contributed by atoms with Gasteiger partial charge in [-0.1, -0.05) is 44.0 Å². The number of amides is 1. The highest BCUT2D eigenvalue weighted by Gasteiger charge is 2.47. The number of likely N-dealkylation sites (tertiary alicyclic amines) is 1. The van der Waals surface area contributed by atoms with Gasteiger partial charge in [0.05, 0.1) is 11.2 Å². The van der Waals surface area contributed by atoms with E-state index in [9.17, 15) is 23.1 Å². The molecule has 1 amide bonds. The Kier molecular flexibility index (Phi) is 7.36. The molecule has 0 saturated carbocycles. The number of carboxylic acid groups (broad SMARTS) is 1. The molecule has 7 nitrogen and oxygen atoms in total. The Labute approximate surface area is 203 Å². The lowest BCUT2D eigenvalue weighted by Crippen LogP contribution is -2.46. The van der Waals surface area contributed by atoms with Gasteiger partial charge in [0.2, 0.25) is 5.91 Å². The molecule has 1 aliphatic heterocycles. The van der Waals surface area contributed by atoms with Gasteiger partial charge in [-0.25, -0.2) is 13.2 Å². The van der Waals surface area contributed by atoms with E-state index in [4.69, 9.17) is 4.74 Å². The van der Waals surface area contributed by atoms with Gasteiger partial charge in [0.25, 0.3) is 0 Å². The van der Waals surface area contributed by atoms with E-state index < -0.39 is 27.3 Å². The third kappa shape index (κ3) is 5.71. The van der Waals surface area contributed by atoms with Crippen LogP contribution in [0.5, 0.6) is 11.5 Å². The molecule has 0 aliphatic carbocycles. The number of benzene rings is 2. The van der Waals surface area contributed by atoms with E-state index in [1.807, 2.05) is 18.2 Å². The minimum atomic E-state index is -3.34. The first-order chi connectivity index (χ1) is 14.9. The van der Waals surface area contributed by atoms with Gasteiger partial charge >= 0.3 is 5.97 Å². The zero-order valence-electron chi connectivity index (χ0n) is 17.5. The standard InChI is InChI=1S/C22H23Br2NO6S/c1-22(8-9-25(21(22)28)19(20(26)27)7-10-32(2,29)30)14-3-5-17(6-4-14)31-18-12-15(23)11-16(24)13-18/h3-6,11-13,19H,7-10H2,1-2H3,(H,26,27)/t19-,22+/m1/s1. The summed E-state index contributed by atoms with van der Waals surface area (Å²) >= 11 is 6.84. The summed E-state index contributed by atoms with van der Waals surface area (Å²) in [5.41, 5.74) is -0.143. The number of hydrogen-bond donors (Lipinski definition) is 1. The van der Waals surface area contributed by atoms with Crippen LogP contribution in [0.2, 0.25) is 0 Å². The minimum absolute atomic E-state index is 0.134. The highest BCUT2D eigenvalue weighted by molar-refractivity contribution is 9.11. The second-order valence-electron chi connectivity index (χ2n) is 8.08. The lowest BCUT2D eigenvalue weighted by Gasteiger charge is -2.28. The molecule has 1 heterocycles. The van der Waals surface area contributed by atoms with E-state index in [0.29, 0.717) is 17.9 Å². The number of rotatable bonds is 8. The fourth-order valence-corrected chi connectivity index (χ4v) is 5.69. The number of sulfone groups is 1. The average Bonchev–Trinajstić information content (AvgIpc) is 2.97. The summed E-state index contributed by atoms with van der Waals surface area (Å²) in [6.45, 7) is 2.03. The van der Waals surface area contributed by atoms with Crippen molar-refractivity contribution in [3.63, 3.8) is 0 Å². The molecule has 0 spiro atoms. The highest BCUT2D eigenvalue weighted by Crippen LogP contribution is 2.38. The number of nitrogens with zero attached hydrogens (tertiary/aromatic N) is 1. The maximum atomic E-state index is 13.2. The van der Waals surface area contributed by atoms with Crippen molar-refractivity contribution in [1.29, 1.82) is 0 Å². The number of halogens is 2. The molecule has 0 radical (unpaired) electrons. The van der Waals surface area contributed by atoms with Crippen LogP contribution >= 0.6 is 31.9 Å². The first kappa shape index (κ1) is 24.7. The molecule has 32 heavy (non-hydrogen) atoms. The number of carbonyl (C=O) groups is 2. The van der Waals surface area contributed by atoms with Crippen LogP contribution in [0.3, 0.4) is 0 Å². The van der Waals surface area contributed by atoms with Gasteiger partial charge < -0.3 is 14.7 Å². The topological polar surface area (TPSA) is 101 Å². The van der Waals surface area contributed by atoms with E-state index >= 15 is 0 Å². The van der Waals surface area contributed by atoms with Crippen molar-refractivity contribution in [3.8, 4) is 11.5 Å². The minimum Gasteiger partial charge on any atom is -0.480 e. The molecule has 1 fully saturated rings. The third-order valence-electron chi connectivity index (χ3n) is 5.57. The molecule has 10 heteroatoms. The summed E-state index contributed by atoms with van der Waals surface area (Å²) in [5, 5.41) is 9.59. The van der Waals surface area contributed by atoms with Crippen LogP contribution in [0.15, 0.2) is 51.4 Å². The van der Waals surface area contributed by atoms with Gasteiger partial charge in [-0.3, -0.25) is 4.79 Å². The second kappa shape index (κ2) is 9.52. The van der Waals surface area contributed by atoms with Gasteiger partial charge in [-0.15, -0.1) is 0 Å². The molecule has 3 rings (SSSR count). The zero-order valence-corrected chi connectivity index (χ0v) is 21.5. The number of carboxylic acids is 1. The molecule has 0 unspecified atom stereocenters. The predicted molar refractivity (Wildman–Crippen MR) is 128 cm³/mol. The van der Waals surface area contributed by atoms with Crippen LogP contribution in [0.1, 0.15) is 25.3 Å². The summed E-state index contributed by atoms with van der Waals surface area (Å²) in [5.74, 6) is -0.565. The van der Waals surface area contributed by atoms with Gasteiger partial charge in [-0.05, 0) is 55.7 Å². The Morgan fingerprint density at radius 1 is 1.16 bits per heavy atom. The van der Waals surface area contributed by atoms with Gasteiger partial charge in [0.15, 0.2) is 0 Å². The number of carbonyl (C=O) groups excluding carboxylic acids is 1. The molecule has 1 saturated heterocycles. The van der Waals surface area contributed by atoms with Gasteiger partial charge in [0, 0.05) is 21.7 Å². The quantitative estimate of drug-likeness (QED) is 0.491. The van der Waals surface area contributed by atoms with Crippen molar-refractivity contribution < 1.29 is 27.9 Å². The van der Waals surface area contributed by atoms with Crippen molar-refractivity contribution in [2.45, 2.75) is 31.2 Å². The Bertz CT molecular complexity index is 1120. The number of hydrogen-bond acceptors (Lipinski definition) is 5. The molecule has 172 valence electrons. The Morgan fingerprint density at radius 2 is 1.75 bits per heavy atom. The first-order valence-electron chi connectivity index (χ1n) is 9.85. The van der Waals surface area contributed by atoms with Crippen LogP contribution in [0.25, 0.3) is 0 Å². The van der Waals surface area contributed by atoms with Crippen molar-refractivity contribution in [3.05, 3.63) is 57.0 Å². The molecular weight excluding hydrogens is 566 g/mol. The summed E-state index contributed by atoms with van der Waals surface area (Å²) in [6, 6.07) is 11.5. The van der Waals surface area contributed by atoms with E-state index in [0.717, 1.165) is 20.8 Å². The predicted octanol–water partition coefficient (Wildman–Crippen LogP) is 4.38. The fourth-order valence-electron chi connectivity index (χ4n) is 3.79. The Morgan fingerprint density at radius 3 is 2.28 bits per heavy atom. The molecular formula is C22H23Br2NO6S. The van der Waals surface area contributed by atoms with E-state index in [1.165, 1.54) is 4.90 Å². The fraction of sp³-hybridized carbons (Fsp3) is 0.364. The van der Waals surface area contributed by atoms with E-state index in [2.05, 4.69) is 31.9 Å². The van der Waals surface area contributed by atoms with Gasteiger partial charge in [-0.2, -0.15) is 0 Å². The number of ether oxygens (including phenoxy) is 1. The van der Waals surface area contributed by atoms with Crippen LogP contribution in [-0.4, -0.2) is 54.9 Å². The van der Waals surface area contributed by atoms with Crippen molar-refractivity contribution in [2.75, 3.05) is 18.6 Å². The third-order valence-corrected chi connectivity index (χ3v) is 7.47. The SMILES string of the molecule is C[C@@]1(c2ccc(Oc3cc(Br)cc(Br)c3)cc2)CCN([C@H](CCS(C)(=O)=O)C(=O)O)C1=O. The zero-order chi connectivity index (χ0) is 23.7. The van der Waals surface area contributed by atoms with E-state index in [-0.39, 0.29) is 24.6 Å². The van der Waals surface area contributed by atoms with E-state index in [1.54, 1.807) is 31.2 Å². The normalized spacial score (nSPS) is 19.8. The highest BCUT2D eigenvalue weighted by atomic mass is 79.9. The molecule has 2 atom stereocenters. The van der Waals surface area contributed by atoms with Crippen LogP contribution in [-0.2, 0) is 24.8 Å². The Balaban J connectivity index is 1.77. The van der Waals surface area contributed by atoms with Crippen molar-refractivity contribution in [1.82, 2.24) is 4.90 Å². The average molecular weight is 589 g/mol. The summed E-state index contributed by atoms with van der Waals surface area (Å²) in [6.07, 6.45) is 1.36. The lowest BCUT2D eigenvalue weighted by atomic mass is 9.81. The molecule has 2 aromatic rings. The lowest BCUT2D eigenvalue weighted by molar-refractivity contribution is -0.149. The maximum absolute atomic E-state index is 13.2. The molecule has 0 aromatic heterocycles. The molecule has 2 aromatic carbocycles.